The number of β-amino-alcohol motifs (C(OH)–C–C–N with tert-alkyl or cyclic N) is 1. The number of hydrogen-bond donors (Lipinski definition) is 1. The molecule has 1 heterocycles. The maximum atomic E-state index is 12.7. The van der Waals surface area contributed by atoms with Crippen molar-refractivity contribution in [1.29, 1.82) is 0 Å². The monoisotopic (exact) mass is 378 g/mol. The van der Waals surface area contributed by atoms with Gasteiger partial charge >= 0.3 is 0 Å². The fourth-order valence-corrected chi connectivity index (χ4v) is 3.20. The maximum absolute atomic E-state index is 12.7. The van der Waals surface area contributed by atoms with Gasteiger partial charge in [0.25, 0.3) is 5.91 Å². The first kappa shape index (κ1) is 21.7. The number of carbonyl (C=O) groups is 1. The average Bonchev–Trinajstić information content (AvgIpc) is 2.66. The number of aliphatic hydroxyl groups excluding tert-OH is 1. The Morgan fingerprint density at radius 2 is 2.11 bits per heavy atom. The first-order chi connectivity index (χ1) is 13.0. The van der Waals surface area contributed by atoms with Crippen LogP contribution < -0.4 is 4.74 Å². The summed E-state index contributed by atoms with van der Waals surface area (Å²) in [6.45, 7) is 10.3. The zero-order valence-corrected chi connectivity index (χ0v) is 16.8. The van der Waals surface area contributed by atoms with Gasteiger partial charge in [-0.15, -0.1) is 0 Å². The summed E-state index contributed by atoms with van der Waals surface area (Å²) < 4.78 is 11.5. The molecule has 0 saturated carbocycles. The summed E-state index contributed by atoms with van der Waals surface area (Å²) in [6.07, 6.45) is 0.398. The molecule has 1 fully saturated rings. The Morgan fingerprint density at radius 1 is 1.37 bits per heavy atom. The van der Waals surface area contributed by atoms with Crippen LogP contribution in [0.3, 0.4) is 0 Å². The second kappa shape index (κ2) is 11.3. The Kier molecular flexibility index (Phi) is 9.04. The highest BCUT2D eigenvalue weighted by Gasteiger charge is 2.26. The van der Waals surface area contributed by atoms with Crippen molar-refractivity contribution in [1.82, 2.24) is 9.80 Å². The summed E-state index contributed by atoms with van der Waals surface area (Å²) in [6, 6.07) is 9.39. The van der Waals surface area contributed by atoms with E-state index < -0.39 is 0 Å². The number of morpholine rings is 1. The number of benzene rings is 1. The molecular formula is C21H34N2O4. The van der Waals surface area contributed by atoms with Gasteiger partial charge in [0.1, 0.15) is 5.75 Å². The Bertz CT molecular complexity index is 552. The number of ether oxygens (including phenoxy) is 2. The molecule has 1 N–H and O–H groups in total. The fraction of sp³-hybridized carbons (Fsp3) is 0.667. The van der Waals surface area contributed by atoms with Crippen molar-refractivity contribution in [3.8, 4) is 5.75 Å². The summed E-state index contributed by atoms with van der Waals surface area (Å²) in [7, 11) is 0. The summed E-state index contributed by atoms with van der Waals surface area (Å²) in [5.41, 5.74) is 0. The minimum absolute atomic E-state index is 0.0260. The van der Waals surface area contributed by atoms with Crippen LogP contribution in [0.4, 0.5) is 0 Å². The van der Waals surface area contributed by atoms with Crippen molar-refractivity contribution >= 4 is 5.91 Å². The third kappa shape index (κ3) is 7.87. The van der Waals surface area contributed by atoms with Gasteiger partial charge in [0.05, 0.1) is 18.8 Å². The lowest BCUT2D eigenvalue weighted by Crippen LogP contribution is -2.51. The predicted molar refractivity (Wildman–Crippen MR) is 106 cm³/mol. The van der Waals surface area contributed by atoms with E-state index in [0.29, 0.717) is 37.9 Å². The highest BCUT2D eigenvalue weighted by atomic mass is 16.5. The molecule has 27 heavy (non-hydrogen) atoms. The summed E-state index contributed by atoms with van der Waals surface area (Å²) in [5, 5.41) is 9.90. The quantitative estimate of drug-likeness (QED) is 0.675. The Balaban J connectivity index is 1.89. The number of rotatable bonds is 10. The van der Waals surface area contributed by atoms with Crippen LogP contribution in [0, 0.1) is 5.92 Å². The highest BCUT2D eigenvalue weighted by molar-refractivity contribution is 5.77. The normalized spacial score (nSPS) is 19.1. The van der Waals surface area contributed by atoms with Crippen LogP contribution in [0.5, 0.6) is 5.75 Å². The van der Waals surface area contributed by atoms with Gasteiger partial charge in [-0.2, -0.15) is 0 Å². The predicted octanol–water partition coefficient (Wildman–Crippen LogP) is 2.02. The maximum Gasteiger partial charge on any atom is 0.260 e. The largest absolute Gasteiger partial charge is 0.484 e. The first-order valence-corrected chi connectivity index (χ1v) is 9.95. The molecule has 2 rings (SSSR count). The number of para-hydroxylation sites is 1. The van der Waals surface area contributed by atoms with Gasteiger partial charge in [-0.25, -0.2) is 0 Å². The molecule has 1 aliphatic rings. The highest BCUT2D eigenvalue weighted by Crippen LogP contribution is 2.12. The van der Waals surface area contributed by atoms with Crippen LogP contribution in [-0.4, -0.2) is 79.0 Å². The molecule has 1 amide bonds. The SMILES string of the molecule is CCC(O)CN1CCOC(CN(CC(C)C)C(=O)COc2ccccc2)C1. The molecule has 6 nitrogen and oxygen atoms in total. The molecule has 0 aliphatic carbocycles. The Labute approximate surface area is 163 Å². The number of aliphatic hydroxyl groups is 1. The molecule has 1 saturated heterocycles. The van der Waals surface area contributed by atoms with Gasteiger partial charge in [-0.05, 0) is 24.5 Å². The number of amides is 1. The van der Waals surface area contributed by atoms with Crippen LogP contribution in [0.1, 0.15) is 27.2 Å². The van der Waals surface area contributed by atoms with Crippen molar-refractivity contribution in [2.24, 2.45) is 5.92 Å². The molecule has 1 aromatic carbocycles. The van der Waals surface area contributed by atoms with Gasteiger partial charge in [0.2, 0.25) is 0 Å². The number of nitrogens with zero attached hydrogens (tertiary/aromatic N) is 2. The van der Waals surface area contributed by atoms with Crippen LogP contribution in [0.15, 0.2) is 30.3 Å². The van der Waals surface area contributed by atoms with Crippen molar-refractivity contribution in [2.75, 3.05) is 45.9 Å². The van der Waals surface area contributed by atoms with Crippen molar-refractivity contribution < 1.29 is 19.4 Å². The molecule has 1 aromatic rings. The van der Waals surface area contributed by atoms with E-state index in [4.69, 9.17) is 9.47 Å². The van der Waals surface area contributed by atoms with E-state index in [0.717, 1.165) is 19.5 Å². The molecule has 2 atom stereocenters. The molecular weight excluding hydrogens is 344 g/mol. The average molecular weight is 379 g/mol. The number of hydrogen-bond acceptors (Lipinski definition) is 5. The van der Waals surface area contributed by atoms with E-state index in [1.54, 1.807) is 0 Å². The molecule has 1 aliphatic heterocycles. The second-order valence-electron chi connectivity index (χ2n) is 7.61. The molecule has 0 aromatic heterocycles. The number of carbonyl (C=O) groups excluding carboxylic acids is 1. The van der Waals surface area contributed by atoms with Crippen molar-refractivity contribution in [2.45, 2.75) is 39.4 Å². The Hall–Kier alpha value is -1.63. The van der Waals surface area contributed by atoms with Gasteiger partial charge in [-0.3, -0.25) is 9.69 Å². The summed E-state index contributed by atoms with van der Waals surface area (Å²) >= 11 is 0. The van der Waals surface area contributed by atoms with E-state index in [-0.39, 0.29) is 24.7 Å². The molecule has 0 radical (unpaired) electrons. The summed E-state index contributed by atoms with van der Waals surface area (Å²) in [5.74, 6) is 1.04. The van der Waals surface area contributed by atoms with E-state index in [1.165, 1.54) is 0 Å². The van der Waals surface area contributed by atoms with E-state index in [1.807, 2.05) is 42.2 Å². The second-order valence-corrected chi connectivity index (χ2v) is 7.61. The molecule has 6 heteroatoms. The zero-order chi connectivity index (χ0) is 19.6. The lowest BCUT2D eigenvalue weighted by molar-refractivity contribution is -0.137. The van der Waals surface area contributed by atoms with Gasteiger partial charge < -0.3 is 19.5 Å². The van der Waals surface area contributed by atoms with E-state index in [2.05, 4.69) is 18.7 Å². The Morgan fingerprint density at radius 3 is 2.78 bits per heavy atom. The summed E-state index contributed by atoms with van der Waals surface area (Å²) in [4.78, 5) is 16.8. The third-order valence-corrected chi connectivity index (χ3v) is 4.63. The molecule has 152 valence electrons. The smallest absolute Gasteiger partial charge is 0.260 e. The van der Waals surface area contributed by atoms with Crippen LogP contribution >= 0.6 is 0 Å². The molecule has 0 spiro atoms. The van der Waals surface area contributed by atoms with Crippen molar-refractivity contribution in [3.63, 3.8) is 0 Å². The minimum atomic E-state index is -0.309. The minimum Gasteiger partial charge on any atom is -0.484 e. The van der Waals surface area contributed by atoms with Gasteiger partial charge in [-0.1, -0.05) is 39.0 Å². The lowest BCUT2D eigenvalue weighted by Gasteiger charge is -2.36. The molecule has 0 bridgehead atoms. The van der Waals surface area contributed by atoms with E-state index in [9.17, 15) is 9.90 Å². The van der Waals surface area contributed by atoms with Gasteiger partial charge in [0.15, 0.2) is 6.61 Å². The van der Waals surface area contributed by atoms with Crippen LogP contribution in [0.25, 0.3) is 0 Å². The third-order valence-electron chi connectivity index (χ3n) is 4.63. The van der Waals surface area contributed by atoms with Crippen LogP contribution in [0.2, 0.25) is 0 Å². The zero-order valence-electron chi connectivity index (χ0n) is 16.8. The standard InChI is InChI=1S/C21H34N2O4/c1-4-18(24)13-22-10-11-26-20(14-22)15-23(12-17(2)3)21(25)16-27-19-8-6-5-7-9-19/h5-9,17-18,20,24H,4,10-16H2,1-3H3. The van der Waals surface area contributed by atoms with Gasteiger partial charge in [0, 0.05) is 32.7 Å². The fourth-order valence-electron chi connectivity index (χ4n) is 3.20. The van der Waals surface area contributed by atoms with Crippen molar-refractivity contribution in [3.05, 3.63) is 30.3 Å². The van der Waals surface area contributed by atoms with E-state index >= 15 is 0 Å². The van der Waals surface area contributed by atoms with Crippen LogP contribution in [-0.2, 0) is 9.53 Å². The first-order valence-electron chi connectivity index (χ1n) is 9.95. The molecule has 2 unspecified atom stereocenters. The lowest BCUT2D eigenvalue weighted by atomic mass is 10.1. The topological polar surface area (TPSA) is 62.2 Å².